The number of para-hydroxylation sites is 1. The highest BCUT2D eigenvalue weighted by molar-refractivity contribution is 7.80. The second kappa shape index (κ2) is 8.84. The number of carbonyl (C=O) groups excluding carboxylic acids is 1. The van der Waals surface area contributed by atoms with Crippen molar-refractivity contribution in [3.63, 3.8) is 0 Å². The summed E-state index contributed by atoms with van der Waals surface area (Å²) >= 11 is 4.97. The Kier molecular flexibility index (Phi) is 6.09. The van der Waals surface area contributed by atoms with Gasteiger partial charge in [0.05, 0.1) is 6.04 Å². The van der Waals surface area contributed by atoms with E-state index in [1.807, 2.05) is 11.4 Å². The summed E-state index contributed by atoms with van der Waals surface area (Å²) in [5.74, 6) is -1.98. The van der Waals surface area contributed by atoms with Gasteiger partial charge in [0.25, 0.3) is 0 Å². The number of alkyl halides is 3. The number of thiocarbonyl (C=S) groups is 1. The monoisotopic (exact) mass is 472 g/mol. The smallest absolute Gasteiger partial charge is 0.437 e. The quantitative estimate of drug-likeness (QED) is 0.368. The number of hydrogen-bond acceptors (Lipinski definition) is 4. The third-order valence-corrected chi connectivity index (χ3v) is 5.56. The van der Waals surface area contributed by atoms with E-state index < -0.39 is 34.8 Å². The number of halogens is 3. The molecule has 5 nitrogen and oxygen atoms in total. The molecule has 3 N–H and O–H groups in total. The van der Waals surface area contributed by atoms with E-state index in [1.165, 1.54) is 30.3 Å². The van der Waals surface area contributed by atoms with Crippen LogP contribution in [0.15, 0.2) is 84.9 Å². The number of Topliss-reactive ketones (excluding diaryl/α,β-unsaturated/α-hetero) is 1. The van der Waals surface area contributed by atoms with E-state index in [0.717, 1.165) is 0 Å². The van der Waals surface area contributed by atoms with Crippen LogP contribution in [0.5, 0.6) is 11.5 Å². The van der Waals surface area contributed by atoms with Crippen LogP contribution >= 0.6 is 12.2 Å². The van der Waals surface area contributed by atoms with Gasteiger partial charge in [0.15, 0.2) is 10.9 Å². The molecule has 3 unspecified atom stereocenters. The predicted molar refractivity (Wildman–Crippen MR) is 120 cm³/mol. The van der Waals surface area contributed by atoms with Gasteiger partial charge in [0, 0.05) is 5.56 Å². The summed E-state index contributed by atoms with van der Waals surface area (Å²) in [6.07, 6.45) is -5.19. The lowest BCUT2D eigenvalue weighted by Gasteiger charge is -2.46. The second-order valence-corrected chi connectivity index (χ2v) is 7.94. The molecule has 1 heterocycles. The van der Waals surface area contributed by atoms with Crippen molar-refractivity contribution < 1.29 is 27.8 Å². The van der Waals surface area contributed by atoms with Crippen molar-refractivity contribution in [1.82, 2.24) is 10.6 Å². The Hall–Kier alpha value is -3.43. The molecule has 0 bridgehead atoms. The fourth-order valence-electron chi connectivity index (χ4n) is 3.79. The zero-order valence-electron chi connectivity index (χ0n) is 17.0. The highest BCUT2D eigenvalue weighted by Gasteiger charge is 2.65. The van der Waals surface area contributed by atoms with Gasteiger partial charge in [-0.1, -0.05) is 60.7 Å². The Labute approximate surface area is 193 Å². The lowest BCUT2D eigenvalue weighted by atomic mass is 9.77. The van der Waals surface area contributed by atoms with Gasteiger partial charge in [0.2, 0.25) is 5.72 Å². The molecular formula is C24H19F3N2O3S. The van der Waals surface area contributed by atoms with Crippen LogP contribution in [0, 0.1) is 5.92 Å². The molecule has 1 aliphatic heterocycles. The van der Waals surface area contributed by atoms with E-state index in [2.05, 4.69) is 5.32 Å². The summed E-state index contributed by atoms with van der Waals surface area (Å²) in [4.78, 5) is 13.3. The lowest BCUT2D eigenvalue weighted by molar-refractivity contribution is -0.285. The molecule has 1 saturated heterocycles. The molecule has 9 heteroatoms. The maximum atomic E-state index is 14.1. The largest absolute Gasteiger partial charge is 0.457 e. The fourth-order valence-corrected chi connectivity index (χ4v) is 4.08. The molecule has 0 spiro atoms. The van der Waals surface area contributed by atoms with Crippen LogP contribution < -0.4 is 15.4 Å². The molecule has 0 amide bonds. The molecule has 1 aliphatic rings. The van der Waals surface area contributed by atoms with Crippen molar-refractivity contribution in [3.05, 3.63) is 96.1 Å². The van der Waals surface area contributed by atoms with Crippen molar-refractivity contribution in [2.24, 2.45) is 5.92 Å². The highest BCUT2D eigenvalue weighted by Crippen LogP contribution is 2.44. The summed E-state index contributed by atoms with van der Waals surface area (Å²) in [5.41, 5.74) is -3.25. The van der Waals surface area contributed by atoms with Crippen LogP contribution in [-0.4, -0.2) is 27.9 Å². The maximum absolute atomic E-state index is 14.1. The van der Waals surface area contributed by atoms with Crippen molar-refractivity contribution in [3.8, 4) is 11.5 Å². The SMILES string of the molecule is O=C(c1ccccc1)C1C(c2cccc(Oc3ccccc3)c2)NC(=S)NC1(O)C(F)(F)F. The number of rotatable bonds is 5. The van der Waals surface area contributed by atoms with Crippen molar-refractivity contribution in [2.75, 3.05) is 0 Å². The molecule has 3 atom stereocenters. The van der Waals surface area contributed by atoms with Gasteiger partial charge in [-0.15, -0.1) is 0 Å². The van der Waals surface area contributed by atoms with E-state index in [1.54, 1.807) is 48.5 Å². The van der Waals surface area contributed by atoms with Gasteiger partial charge in [-0.25, -0.2) is 0 Å². The molecule has 1 fully saturated rings. The van der Waals surface area contributed by atoms with E-state index >= 15 is 0 Å². The van der Waals surface area contributed by atoms with Crippen LogP contribution in [-0.2, 0) is 0 Å². The summed E-state index contributed by atoms with van der Waals surface area (Å²) < 4.78 is 48.1. The molecule has 4 rings (SSSR count). The molecule has 0 radical (unpaired) electrons. The molecule has 3 aromatic carbocycles. The minimum absolute atomic E-state index is 0.0308. The molecule has 0 saturated carbocycles. The van der Waals surface area contributed by atoms with E-state index in [9.17, 15) is 23.1 Å². The van der Waals surface area contributed by atoms with Gasteiger partial charge >= 0.3 is 6.18 Å². The summed E-state index contributed by atoms with van der Waals surface area (Å²) in [5, 5.41) is 15.0. The topological polar surface area (TPSA) is 70.6 Å². The van der Waals surface area contributed by atoms with Gasteiger partial charge in [-0.2, -0.15) is 13.2 Å². The minimum atomic E-state index is -5.19. The van der Waals surface area contributed by atoms with E-state index in [4.69, 9.17) is 17.0 Å². The minimum Gasteiger partial charge on any atom is -0.457 e. The van der Waals surface area contributed by atoms with Crippen LogP contribution in [0.3, 0.4) is 0 Å². The number of aliphatic hydroxyl groups is 1. The zero-order valence-corrected chi connectivity index (χ0v) is 17.9. The van der Waals surface area contributed by atoms with Crippen LogP contribution in [0.1, 0.15) is 22.0 Å². The third kappa shape index (κ3) is 4.55. The number of ketones is 1. The maximum Gasteiger partial charge on any atom is 0.437 e. The number of nitrogens with one attached hydrogen (secondary N) is 2. The van der Waals surface area contributed by atoms with E-state index in [-0.39, 0.29) is 5.56 Å². The predicted octanol–water partition coefficient (Wildman–Crippen LogP) is 4.75. The number of hydrogen-bond donors (Lipinski definition) is 3. The average molecular weight is 472 g/mol. The highest BCUT2D eigenvalue weighted by atomic mass is 32.1. The van der Waals surface area contributed by atoms with Crippen LogP contribution in [0.2, 0.25) is 0 Å². The van der Waals surface area contributed by atoms with Gasteiger partial charge < -0.3 is 20.5 Å². The summed E-state index contributed by atoms with van der Waals surface area (Å²) in [7, 11) is 0. The van der Waals surface area contributed by atoms with Crippen LogP contribution in [0.25, 0.3) is 0 Å². The summed E-state index contributed by atoms with van der Waals surface area (Å²) in [6, 6.07) is 21.4. The first-order valence-electron chi connectivity index (χ1n) is 9.99. The Morgan fingerprint density at radius 2 is 1.55 bits per heavy atom. The van der Waals surface area contributed by atoms with Crippen LogP contribution in [0.4, 0.5) is 13.2 Å². The summed E-state index contributed by atoms with van der Waals surface area (Å²) in [6.45, 7) is 0. The van der Waals surface area contributed by atoms with Gasteiger partial charge in [-0.3, -0.25) is 4.79 Å². The molecule has 0 aliphatic carbocycles. The first-order valence-corrected chi connectivity index (χ1v) is 10.4. The Balaban J connectivity index is 1.78. The Morgan fingerprint density at radius 1 is 0.939 bits per heavy atom. The second-order valence-electron chi connectivity index (χ2n) is 7.54. The fraction of sp³-hybridized carbons (Fsp3) is 0.167. The number of ether oxygens (including phenoxy) is 1. The van der Waals surface area contributed by atoms with Crippen molar-refractivity contribution >= 4 is 23.1 Å². The molecule has 170 valence electrons. The molecule has 33 heavy (non-hydrogen) atoms. The zero-order chi connectivity index (χ0) is 23.6. The number of carbonyl (C=O) groups is 1. The average Bonchev–Trinajstić information content (AvgIpc) is 2.79. The normalized spacial score (nSPS) is 22.7. The first-order chi connectivity index (χ1) is 15.7. The van der Waals surface area contributed by atoms with E-state index in [0.29, 0.717) is 17.1 Å². The van der Waals surface area contributed by atoms with Gasteiger partial charge in [-0.05, 0) is 42.0 Å². The lowest BCUT2D eigenvalue weighted by Crippen LogP contribution is -2.72. The third-order valence-electron chi connectivity index (χ3n) is 5.34. The van der Waals surface area contributed by atoms with Crippen molar-refractivity contribution in [1.29, 1.82) is 0 Å². The van der Waals surface area contributed by atoms with Gasteiger partial charge in [0.1, 0.15) is 17.4 Å². The standard InChI is InChI=1S/C24H19F3N2O3S/c25-24(26,27)23(31)19(21(30)15-8-3-1-4-9-15)20(28-22(33)29-23)16-10-7-13-18(14-16)32-17-11-5-2-6-12-17/h1-14,19-20,31H,(H2,28,29,33). The van der Waals surface area contributed by atoms with Crippen molar-refractivity contribution in [2.45, 2.75) is 17.9 Å². The molecular weight excluding hydrogens is 453 g/mol. The number of benzene rings is 3. The molecule has 0 aromatic heterocycles. The first kappa shape index (κ1) is 22.8. The molecule has 3 aromatic rings. The Bertz CT molecular complexity index is 1160. The Morgan fingerprint density at radius 3 is 2.18 bits per heavy atom.